The van der Waals surface area contributed by atoms with Crippen LogP contribution in [0.4, 0.5) is 0 Å². The SMILES string of the molecule is CCCCCCCC/C=C\CCCCCCCC(=O)OCCCCCCCCCCC/C=C\C/C=C\CCCCCCCCCCCCCC(=O)NC(CO)C(O)/C=C/CCCCCCCCCCCCCCCCCCCCCC. The summed E-state index contributed by atoms with van der Waals surface area (Å²) in [4.78, 5) is 24.6. The predicted molar refractivity (Wildman–Crippen MR) is 356 cm³/mol. The summed E-state index contributed by atoms with van der Waals surface area (Å²) in [6.45, 7) is 4.92. The number of carbonyl (C=O) groups is 2. The van der Waals surface area contributed by atoms with Crippen molar-refractivity contribution in [3.8, 4) is 0 Å². The maximum atomic E-state index is 12.5. The van der Waals surface area contributed by atoms with E-state index < -0.39 is 12.1 Å². The van der Waals surface area contributed by atoms with Crippen molar-refractivity contribution in [1.82, 2.24) is 5.32 Å². The third kappa shape index (κ3) is 66.8. The van der Waals surface area contributed by atoms with Crippen molar-refractivity contribution in [2.75, 3.05) is 13.2 Å². The lowest BCUT2D eigenvalue weighted by molar-refractivity contribution is -0.143. The molecule has 81 heavy (non-hydrogen) atoms. The first kappa shape index (κ1) is 78.8. The molecule has 0 aromatic rings. The second-order valence-corrected chi connectivity index (χ2v) is 24.9. The first-order valence-electron chi connectivity index (χ1n) is 36.4. The van der Waals surface area contributed by atoms with E-state index in [2.05, 4.69) is 55.6 Å². The lowest BCUT2D eigenvalue weighted by Crippen LogP contribution is -2.45. The van der Waals surface area contributed by atoms with Gasteiger partial charge < -0.3 is 20.3 Å². The number of rotatable bonds is 68. The van der Waals surface area contributed by atoms with Crippen LogP contribution in [-0.2, 0) is 14.3 Å². The largest absolute Gasteiger partial charge is 0.466 e. The number of hydrogen-bond donors (Lipinski definition) is 3. The molecule has 3 N–H and O–H groups in total. The monoisotopic (exact) mass is 1140 g/mol. The van der Waals surface area contributed by atoms with E-state index in [0.717, 1.165) is 51.4 Å². The maximum absolute atomic E-state index is 12.5. The van der Waals surface area contributed by atoms with Crippen LogP contribution in [-0.4, -0.2) is 47.4 Å². The van der Waals surface area contributed by atoms with E-state index in [-0.39, 0.29) is 18.5 Å². The zero-order valence-electron chi connectivity index (χ0n) is 54.5. The Labute approximate surface area is 506 Å². The quantitative estimate of drug-likeness (QED) is 0.0320. The van der Waals surface area contributed by atoms with Crippen LogP contribution in [0.3, 0.4) is 0 Å². The zero-order chi connectivity index (χ0) is 58.5. The van der Waals surface area contributed by atoms with Crippen LogP contribution in [0.5, 0.6) is 0 Å². The van der Waals surface area contributed by atoms with E-state index in [4.69, 9.17) is 4.74 Å². The molecule has 6 heteroatoms. The van der Waals surface area contributed by atoms with Crippen LogP contribution in [0.2, 0.25) is 0 Å². The Bertz CT molecular complexity index is 1360. The zero-order valence-corrected chi connectivity index (χ0v) is 54.5. The van der Waals surface area contributed by atoms with E-state index in [9.17, 15) is 19.8 Å². The summed E-state index contributed by atoms with van der Waals surface area (Å²) in [5.41, 5.74) is 0. The molecule has 0 heterocycles. The van der Waals surface area contributed by atoms with Gasteiger partial charge in [0, 0.05) is 12.8 Å². The lowest BCUT2D eigenvalue weighted by Gasteiger charge is -2.20. The van der Waals surface area contributed by atoms with Crippen molar-refractivity contribution >= 4 is 11.9 Å². The summed E-state index contributed by atoms with van der Waals surface area (Å²) in [5.74, 6) is -0.0652. The molecule has 0 bridgehead atoms. The van der Waals surface area contributed by atoms with Gasteiger partial charge in [-0.05, 0) is 89.9 Å². The topological polar surface area (TPSA) is 95.9 Å². The number of aliphatic hydroxyl groups is 2. The Balaban J connectivity index is 3.45. The summed E-state index contributed by atoms with van der Waals surface area (Å²) < 4.78 is 5.49. The number of aliphatic hydroxyl groups excluding tert-OH is 2. The highest BCUT2D eigenvalue weighted by Gasteiger charge is 2.18. The van der Waals surface area contributed by atoms with Gasteiger partial charge in [0.2, 0.25) is 5.91 Å². The van der Waals surface area contributed by atoms with Crippen LogP contribution in [0.25, 0.3) is 0 Å². The molecule has 6 nitrogen and oxygen atoms in total. The predicted octanol–water partition coefficient (Wildman–Crippen LogP) is 23.6. The average Bonchev–Trinajstić information content (AvgIpc) is 3.47. The van der Waals surface area contributed by atoms with Crippen LogP contribution >= 0.6 is 0 Å². The van der Waals surface area contributed by atoms with Gasteiger partial charge in [-0.3, -0.25) is 9.59 Å². The summed E-state index contributed by atoms with van der Waals surface area (Å²) >= 11 is 0. The first-order valence-corrected chi connectivity index (χ1v) is 36.4. The molecular formula is C75H141NO5. The molecule has 476 valence electrons. The molecule has 0 saturated carbocycles. The number of unbranched alkanes of at least 4 members (excludes halogenated alkanes) is 51. The van der Waals surface area contributed by atoms with Crippen molar-refractivity contribution in [1.29, 1.82) is 0 Å². The molecule has 0 aromatic heterocycles. The molecule has 0 aromatic carbocycles. The molecule has 0 fully saturated rings. The minimum absolute atomic E-state index is 0.00260. The van der Waals surface area contributed by atoms with E-state index in [1.165, 1.54) is 315 Å². The molecule has 0 radical (unpaired) electrons. The fourth-order valence-electron chi connectivity index (χ4n) is 11.3. The molecule has 0 aliphatic heterocycles. The summed E-state index contributed by atoms with van der Waals surface area (Å²) in [7, 11) is 0. The normalized spacial score (nSPS) is 12.8. The number of allylic oxidation sites excluding steroid dienone is 7. The number of amides is 1. The van der Waals surface area contributed by atoms with Crippen molar-refractivity contribution in [3.63, 3.8) is 0 Å². The molecule has 2 unspecified atom stereocenters. The van der Waals surface area contributed by atoms with Gasteiger partial charge in [-0.2, -0.15) is 0 Å². The minimum Gasteiger partial charge on any atom is -0.466 e. The van der Waals surface area contributed by atoms with Crippen LogP contribution in [0.1, 0.15) is 393 Å². The van der Waals surface area contributed by atoms with Gasteiger partial charge in [-0.15, -0.1) is 0 Å². The van der Waals surface area contributed by atoms with Crippen molar-refractivity contribution in [2.45, 2.75) is 405 Å². The summed E-state index contributed by atoms with van der Waals surface area (Å²) in [6, 6.07) is -0.632. The lowest BCUT2D eigenvalue weighted by atomic mass is 10.0. The van der Waals surface area contributed by atoms with Gasteiger partial charge in [0.15, 0.2) is 0 Å². The van der Waals surface area contributed by atoms with E-state index in [1.54, 1.807) is 6.08 Å². The van der Waals surface area contributed by atoms with Gasteiger partial charge >= 0.3 is 5.97 Å². The highest BCUT2D eigenvalue weighted by molar-refractivity contribution is 5.76. The third-order valence-corrected chi connectivity index (χ3v) is 16.8. The number of carbonyl (C=O) groups excluding carboxylic acids is 2. The van der Waals surface area contributed by atoms with Gasteiger partial charge in [0.1, 0.15) is 0 Å². The maximum Gasteiger partial charge on any atom is 0.305 e. The van der Waals surface area contributed by atoms with Crippen LogP contribution in [0.15, 0.2) is 48.6 Å². The Morgan fingerprint density at radius 2 is 0.617 bits per heavy atom. The van der Waals surface area contributed by atoms with Crippen LogP contribution < -0.4 is 5.32 Å². The molecule has 0 spiro atoms. The van der Waals surface area contributed by atoms with Gasteiger partial charge in [0.25, 0.3) is 0 Å². The van der Waals surface area contributed by atoms with E-state index in [1.807, 2.05) is 6.08 Å². The van der Waals surface area contributed by atoms with Gasteiger partial charge in [-0.1, -0.05) is 339 Å². The highest BCUT2D eigenvalue weighted by Crippen LogP contribution is 2.18. The smallest absolute Gasteiger partial charge is 0.305 e. The molecule has 1 amide bonds. The van der Waals surface area contributed by atoms with E-state index >= 15 is 0 Å². The number of esters is 1. The van der Waals surface area contributed by atoms with Crippen molar-refractivity contribution in [3.05, 3.63) is 48.6 Å². The number of nitrogens with one attached hydrogen (secondary N) is 1. The van der Waals surface area contributed by atoms with Crippen LogP contribution in [0, 0.1) is 0 Å². The molecule has 0 rings (SSSR count). The van der Waals surface area contributed by atoms with Crippen molar-refractivity contribution in [2.24, 2.45) is 0 Å². The van der Waals surface area contributed by atoms with E-state index in [0.29, 0.717) is 19.4 Å². The molecule has 0 aliphatic rings. The second kappa shape index (κ2) is 70.3. The fourth-order valence-corrected chi connectivity index (χ4v) is 11.3. The fraction of sp³-hybridized carbons (Fsp3) is 0.867. The second-order valence-electron chi connectivity index (χ2n) is 24.9. The summed E-state index contributed by atoms with van der Waals surface area (Å²) in [6.07, 6.45) is 91.9. The average molecular weight is 1140 g/mol. The minimum atomic E-state index is -0.849. The summed E-state index contributed by atoms with van der Waals surface area (Å²) in [5, 5.41) is 23.3. The Morgan fingerprint density at radius 3 is 0.951 bits per heavy atom. The van der Waals surface area contributed by atoms with Crippen molar-refractivity contribution < 1.29 is 24.5 Å². The Kier molecular flexibility index (Phi) is 68.4. The first-order chi connectivity index (χ1) is 40.0. The molecule has 0 aliphatic carbocycles. The Morgan fingerprint density at radius 1 is 0.346 bits per heavy atom. The standard InChI is InChI=1S/C75H141NO5/c1-3-5-7-9-11-13-15-17-19-20-21-22-30-33-36-40-43-47-51-55-59-63-67-73(78)72(71-77)76-74(79)68-64-60-56-52-48-44-41-37-34-31-28-26-24-23-25-27-29-32-35-38-42-46-50-54-58-62-66-70-81-75(80)69-65-61-57-53-49-45-39-18-16-14-12-10-8-6-4-2/h18,23-24,27,29,39,63,67,72-73,77-78H,3-17,19-22,25-26,28,30-38,40-62,64-66,68-71H2,1-2H3,(H,76,79)/b24-23-,29-27-,39-18-,67-63+. The molecular weight excluding hydrogens is 995 g/mol. The number of hydrogen-bond acceptors (Lipinski definition) is 5. The Hall–Kier alpha value is -2.18. The van der Waals surface area contributed by atoms with Gasteiger partial charge in [-0.25, -0.2) is 0 Å². The third-order valence-electron chi connectivity index (χ3n) is 16.8. The van der Waals surface area contributed by atoms with Gasteiger partial charge in [0.05, 0.1) is 25.4 Å². The molecule has 2 atom stereocenters. The molecule has 0 saturated heterocycles. The highest BCUT2D eigenvalue weighted by atomic mass is 16.5. The number of ether oxygens (including phenoxy) is 1.